The van der Waals surface area contributed by atoms with Crippen molar-refractivity contribution in [1.29, 1.82) is 5.26 Å². The molecule has 0 radical (unpaired) electrons. The largest absolute Gasteiger partial charge is 0.468 e. The average Bonchev–Trinajstić information content (AvgIpc) is 3.05. The van der Waals surface area contributed by atoms with Gasteiger partial charge in [0.05, 0.1) is 26.1 Å². The lowest BCUT2D eigenvalue weighted by Gasteiger charge is -2.34. The molecular formula is C17H22N2O2. The number of esters is 1. The number of carbonyl (C=O) groups excluding carboxylic acids is 1. The zero-order valence-electron chi connectivity index (χ0n) is 12.5. The van der Waals surface area contributed by atoms with E-state index in [0.29, 0.717) is 12.5 Å². The second-order valence-electron chi connectivity index (χ2n) is 5.48. The highest BCUT2D eigenvalue weighted by atomic mass is 16.5. The second kappa shape index (κ2) is 7.80. The van der Waals surface area contributed by atoms with Crippen LogP contribution in [0.3, 0.4) is 0 Å². The van der Waals surface area contributed by atoms with E-state index < -0.39 is 0 Å². The summed E-state index contributed by atoms with van der Waals surface area (Å²) >= 11 is 0. The van der Waals surface area contributed by atoms with E-state index in [1.165, 1.54) is 20.0 Å². The van der Waals surface area contributed by atoms with Gasteiger partial charge in [-0.1, -0.05) is 43.2 Å². The SMILES string of the molecule is COC(=O)CN(C1CCCC1)C(CC#N)c1ccccc1. The molecular weight excluding hydrogens is 264 g/mol. The molecule has 1 aromatic rings. The van der Waals surface area contributed by atoms with Gasteiger partial charge in [-0.3, -0.25) is 9.69 Å². The predicted octanol–water partition coefficient (Wildman–Crippen LogP) is 3.06. The fraction of sp³-hybridized carbons (Fsp3) is 0.529. The van der Waals surface area contributed by atoms with E-state index in [9.17, 15) is 10.1 Å². The number of carbonyl (C=O) groups is 1. The monoisotopic (exact) mass is 286 g/mol. The van der Waals surface area contributed by atoms with Crippen molar-refractivity contribution in [1.82, 2.24) is 4.90 Å². The molecule has 0 aromatic heterocycles. The maximum Gasteiger partial charge on any atom is 0.319 e. The first kappa shape index (κ1) is 15.5. The van der Waals surface area contributed by atoms with Crippen LogP contribution >= 0.6 is 0 Å². The Morgan fingerprint density at radius 2 is 2.05 bits per heavy atom. The molecule has 0 N–H and O–H groups in total. The van der Waals surface area contributed by atoms with Crippen LogP contribution < -0.4 is 0 Å². The third kappa shape index (κ3) is 4.05. The molecule has 1 aliphatic rings. The van der Waals surface area contributed by atoms with Gasteiger partial charge in [-0.05, 0) is 18.4 Å². The quantitative estimate of drug-likeness (QED) is 0.754. The molecule has 1 fully saturated rings. The number of ether oxygens (including phenoxy) is 1. The minimum absolute atomic E-state index is 0.0431. The zero-order chi connectivity index (χ0) is 15.1. The Morgan fingerprint density at radius 1 is 1.38 bits per heavy atom. The summed E-state index contributed by atoms with van der Waals surface area (Å²) in [6.45, 7) is 0.252. The molecule has 0 amide bonds. The van der Waals surface area contributed by atoms with Crippen LogP contribution in [-0.4, -0.2) is 30.6 Å². The maximum atomic E-state index is 11.8. The van der Waals surface area contributed by atoms with E-state index in [4.69, 9.17) is 4.74 Å². The Kier molecular flexibility index (Phi) is 5.77. The van der Waals surface area contributed by atoms with Crippen LogP contribution in [0, 0.1) is 11.3 Å². The zero-order valence-corrected chi connectivity index (χ0v) is 12.5. The standard InChI is InChI=1S/C17H22N2O2/c1-21-17(20)13-19(15-9-5-6-10-15)16(11-12-18)14-7-3-2-4-8-14/h2-4,7-8,15-16H,5-6,9-11,13H2,1H3. The Labute approximate surface area is 126 Å². The van der Waals surface area contributed by atoms with Crippen LogP contribution in [0.1, 0.15) is 43.7 Å². The minimum atomic E-state index is -0.235. The molecule has 1 unspecified atom stereocenters. The fourth-order valence-corrected chi connectivity index (χ4v) is 3.13. The first-order valence-corrected chi connectivity index (χ1v) is 7.50. The van der Waals surface area contributed by atoms with Gasteiger partial charge in [0.1, 0.15) is 0 Å². The van der Waals surface area contributed by atoms with Crippen LogP contribution in [-0.2, 0) is 9.53 Å². The molecule has 1 aliphatic carbocycles. The van der Waals surface area contributed by atoms with Crippen molar-refractivity contribution in [3.63, 3.8) is 0 Å². The first-order chi connectivity index (χ1) is 10.3. The van der Waals surface area contributed by atoms with Gasteiger partial charge in [-0.25, -0.2) is 0 Å². The van der Waals surface area contributed by atoms with Crippen molar-refractivity contribution >= 4 is 5.97 Å². The van der Waals surface area contributed by atoms with Crippen LogP contribution in [0.25, 0.3) is 0 Å². The van der Waals surface area contributed by atoms with E-state index in [1.54, 1.807) is 0 Å². The average molecular weight is 286 g/mol. The van der Waals surface area contributed by atoms with Crippen LogP contribution in [0.4, 0.5) is 0 Å². The molecule has 4 nitrogen and oxygen atoms in total. The number of nitriles is 1. The van der Waals surface area contributed by atoms with Crippen LogP contribution in [0.15, 0.2) is 30.3 Å². The van der Waals surface area contributed by atoms with Crippen molar-refractivity contribution in [2.24, 2.45) is 0 Å². The van der Waals surface area contributed by atoms with Crippen molar-refractivity contribution < 1.29 is 9.53 Å². The Morgan fingerprint density at radius 3 is 2.62 bits per heavy atom. The fourth-order valence-electron chi connectivity index (χ4n) is 3.13. The molecule has 0 saturated heterocycles. The normalized spacial score (nSPS) is 16.6. The van der Waals surface area contributed by atoms with Crippen molar-refractivity contribution in [2.45, 2.75) is 44.2 Å². The number of methoxy groups -OCH3 is 1. The van der Waals surface area contributed by atoms with Gasteiger partial charge in [-0.15, -0.1) is 0 Å². The molecule has 1 atom stereocenters. The second-order valence-corrected chi connectivity index (χ2v) is 5.48. The van der Waals surface area contributed by atoms with E-state index >= 15 is 0 Å². The number of benzene rings is 1. The van der Waals surface area contributed by atoms with Gasteiger partial charge in [-0.2, -0.15) is 5.26 Å². The summed E-state index contributed by atoms with van der Waals surface area (Å²) in [6.07, 6.45) is 4.95. The van der Waals surface area contributed by atoms with Crippen molar-refractivity contribution in [3.05, 3.63) is 35.9 Å². The number of hydrogen-bond acceptors (Lipinski definition) is 4. The molecule has 21 heavy (non-hydrogen) atoms. The molecule has 0 spiro atoms. The summed E-state index contributed by atoms with van der Waals surface area (Å²) < 4.78 is 4.84. The van der Waals surface area contributed by atoms with Gasteiger partial charge in [0.15, 0.2) is 0 Å². The van der Waals surface area contributed by atoms with E-state index in [2.05, 4.69) is 11.0 Å². The molecule has 0 aliphatic heterocycles. The topological polar surface area (TPSA) is 53.3 Å². The molecule has 2 rings (SSSR count). The third-order valence-electron chi connectivity index (χ3n) is 4.20. The lowest BCUT2D eigenvalue weighted by Crippen LogP contribution is -2.40. The highest BCUT2D eigenvalue weighted by molar-refractivity contribution is 5.71. The van der Waals surface area contributed by atoms with E-state index in [0.717, 1.165) is 18.4 Å². The minimum Gasteiger partial charge on any atom is -0.468 e. The first-order valence-electron chi connectivity index (χ1n) is 7.50. The molecule has 1 aromatic carbocycles. The number of nitrogens with zero attached hydrogens (tertiary/aromatic N) is 2. The van der Waals surface area contributed by atoms with E-state index in [-0.39, 0.29) is 18.6 Å². The molecule has 0 bridgehead atoms. The van der Waals surface area contributed by atoms with Gasteiger partial charge < -0.3 is 4.74 Å². The predicted molar refractivity (Wildman–Crippen MR) is 80.4 cm³/mol. The highest BCUT2D eigenvalue weighted by Gasteiger charge is 2.31. The highest BCUT2D eigenvalue weighted by Crippen LogP contribution is 2.32. The number of hydrogen-bond donors (Lipinski definition) is 0. The maximum absolute atomic E-state index is 11.8. The van der Waals surface area contributed by atoms with Gasteiger partial charge in [0.25, 0.3) is 0 Å². The molecule has 4 heteroatoms. The summed E-state index contributed by atoms with van der Waals surface area (Å²) in [4.78, 5) is 13.9. The molecule has 112 valence electrons. The van der Waals surface area contributed by atoms with Crippen LogP contribution in [0.5, 0.6) is 0 Å². The van der Waals surface area contributed by atoms with Gasteiger partial charge >= 0.3 is 5.97 Å². The van der Waals surface area contributed by atoms with Gasteiger partial charge in [0.2, 0.25) is 0 Å². The van der Waals surface area contributed by atoms with Crippen molar-refractivity contribution in [3.8, 4) is 6.07 Å². The smallest absolute Gasteiger partial charge is 0.319 e. The molecule has 0 heterocycles. The third-order valence-corrected chi connectivity index (χ3v) is 4.20. The lowest BCUT2D eigenvalue weighted by atomic mass is 10.00. The summed E-state index contributed by atoms with van der Waals surface area (Å²) in [5, 5.41) is 9.19. The lowest BCUT2D eigenvalue weighted by molar-refractivity contribution is -0.143. The summed E-state index contributed by atoms with van der Waals surface area (Å²) in [5.74, 6) is -0.235. The van der Waals surface area contributed by atoms with Crippen LogP contribution in [0.2, 0.25) is 0 Å². The van der Waals surface area contributed by atoms with E-state index in [1.807, 2.05) is 30.3 Å². The Balaban J connectivity index is 2.25. The Bertz CT molecular complexity index is 489. The Hall–Kier alpha value is -1.86. The number of rotatable bonds is 6. The molecule has 1 saturated carbocycles. The summed E-state index contributed by atoms with van der Waals surface area (Å²) in [6, 6.07) is 12.6. The summed E-state index contributed by atoms with van der Waals surface area (Å²) in [5.41, 5.74) is 1.09. The van der Waals surface area contributed by atoms with Gasteiger partial charge in [0, 0.05) is 12.1 Å². The van der Waals surface area contributed by atoms with Crippen molar-refractivity contribution in [2.75, 3.05) is 13.7 Å². The summed E-state index contributed by atoms with van der Waals surface area (Å²) in [7, 11) is 1.41.